The van der Waals surface area contributed by atoms with E-state index < -0.39 is 0 Å². The van der Waals surface area contributed by atoms with Crippen LogP contribution < -0.4 is 0 Å². The topological polar surface area (TPSA) is 34.1 Å². The molecule has 0 saturated carbocycles. The van der Waals surface area contributed by atoms with Crippen LogP contribution in [0.1, 0.15) is 54.9 Å². The zero-order valence-electron chi connectivity index (χ0n) is 11.7. The molecule has 0 amide bonds. The fourth-order valence-corrected chi connectivity index (χ4v) is 2.50. The monoisotopic (exact) mass is 256 g/mol. The van der Waals surface area contributed by atoms with Crippen LogP contribution in [0.3, 0.4) is 0 Å². The second-order valence-corrected chi connectivity index (χ2v) is 5.32. The van der Waals surface area contributed by atoms with Crippen LogP contribution in [0.2, 0.25) is 0 Å². The highest BCUT2D eigenvalue weighted by molar-refractivity contribution is 5.99. The molecule has 0 bridgehead atoms. The van der Waals surface area contributed by atoms with Crippen LogP contribution in [0, 0.1) is 6.92 Å². The van der Waals surface area contributed by atoms with Crippen molar-refractivity contribution in [2.45, 2.75) is 46.0 Å². The van der Waals surface area contributed by atoms with Gasteiger partial charge in [-0.1, -0.05) is 35.4 Å². The minimum Gasteiger partial charge on any atom is -0.295 e. The zero-order chi connectivity index (χ0) is 13.8. The molecule has 0 radical (unpaired) electrons. The molecule has 0 saturated heterocycles. The Labute approximate surface area is 114 Å². The molecule has 0 N–H and O–H groups in total. The molecule has 0 aliphatic heterocycles. The summed E-state index contributed by atoms with van der Waals surface area (Å²) in [4.78, 5) is 23.6. The molecule has 1 aromatic carbocycles. The lowest BCUT2D eigenvalue weighted by atomic mass is 10.00. The number of hydrogen-bond donors (Lipinski definition) is 0. The summed E-state index contributed by atoms with van der Waals surface area (Å²) in [5.74, 6) is 0.448. The van der Waals surface area contributed by atoms with Gasteiger partial charge in [0.1, 0.15) is 0 Å². The van der Waals surface area contributed by atoms with Gasteiger partial charge in [0.25, 0.3) is 0 Å². The Kier molecular flexibility index (Phi) is 4.31. The smallest absolute Gasteiger partial charge is 0.162 e. The molecule has 1 aliphatic rings. The van der Waals surface area contributed by atoms with E-state index in [4.69, 9.17) is 0 Å². The standard InChI is InChI=1S/C17H20O2/c1-12-6-9-14(10-7-12)16(18)5-3-4-15-13(2)8-11-17(15)19/h6-7,9-10H,3-5,8,11H2,1-2H3. The van der Waals surface area contributed by atoms with Gasteiger partial charge < -0.3 is 0 Å². The van der Waals surface area contributed by atoms with E-state index in [0.717, 1.165) is 36.0 Å². The van der Waals surface area contributed by atoms with Gasteiger partial charge in [-0.2, -0.15) is 0 Å². The molecule has 0 spiro atoms. The van der Waals surface area contributed by atoms with Crippen molar-refractivity contribution in [1.82, 2.24) is 0 Å². The molecule has 2 heteroatoms. The predicted octanol–water partition coefficient (Wildman–Crippen LogP) is 4.03. The molecule has 0 fully saturated rings. The maximum atomic E-state index is 12.0. The molecule has 2 rings (SSSR count). The number of rotatable bonds is 5. The summed E-state index contributed by atoms with van der Waals surface area (Å²) in [5.41, 5.74) is 4.12. The summed E-state index contributed by atoms with van der Waals surface area (Å²) in [6, 6.07) is 7.67. The van der Waals surface area contributed by atoms with Crippen molar-refractivity contribution in [3.63, 3.8) is 0 Å². The first-order chi connectivity index (χ1) is 9.08. The van der Waals surface area contributed by atoms with Gasteiger partial charge in [-0.3, -0.25) is 9.59 Å². The van der Waals surface area contributed by atoms with Crippen LogP contribution in [-0.2, 0) is 4.79 Å². The van der Waals surface area contributed by atoms with Crippen molar-refractivity contribution < 1.29 is 9.59 Å². The molecule has 19 heavy (non-hydrogen) atoms. The number of Topliss-reactive ketones (excluding diaryl/α,β-unsaturated/α-hetero) is 2. The Morgan fingerprint density at radius 1 is 1.11 bits per heavy atom. The molecule has 0 unspecified atom stereocenters. The summed E-state index contributed by atoms with van der Waals surface area (Å²) in [5, 5.41) is 0. The van der Waals surface area contributed by atoms with Gasteiger partial charge in [-0.15, -0.1) is 0 Å². The van der Waals surface area contributed by atoms with Crippen LogP contribution in [0.5, 0.6) is 0 Å². The van der Waals surface area contributed by atoms with E-state index in [0.29, 0.717) is 12.8 Å². The Morgan fingerprint density at radius 3 is 2.37 bits per heavy atom. The Hall–Kier alpha value is -1.70. The maximum absolute atomic E-state index is 12.0. The highest BCUT2D eigenvalue weighted by Crippen LogP contribution is 2.26. The summed E-state index contributed by atoms with van der Waals surface area (Å²) in [6.45, 7) is 4.04. The second kappa shape index (κ2) is 5.96. The number of ketones is 2. The summed E-state index contributed by atoms with van der Waals surface area (Å²) in [6.07, 6.45) is 3.60. The average Bonchev–Trinajstić information content (AvgIpc) is 2.71. The number of carbonyl (C=O) groups excluding carboxylic acids is 2. The van der Waals surface area contributed by atoms with Gasteiger partial charge in [0.05, 0.1) is 0 Å². The van der Waals surface area contributed by atoms with E-state index >= 15 is 0 Å². The predicted molar refractivity (Wildman–Crippen MR) is 76.3 cm³/mol. The summed E-state index contributed by atoms with van der Waals surface area (Å²) >= 11 is 0. The minimum absolute atomic E-state index is 0.170. The largest absolute Gasteiger partial charge is 0.295 e. The fourth-order valence-electron chi connectivity index (χ4n) is 2.50. The van der Waals surface area contributed by atoms with E-state index in [1.165, 1.54) is 5.57 Å². The van der Waals surface area contributed by atoms with Crippen LogP contribution >= 0.6 is 0 Å². The van der Waals surface area contributed by atoms with Crippen molar-refractivity contribution in [3.05, 3.63) is 46.5 Å². The average molecular weight is 256 g/mol. The molecule has 0 atom stereocenters. The van der Waals surface area contributed by atoms with E-state index in [-0.39, 0.29) is 11.6 Å². The molecular formula is C17H20O2. The Balaban J connectivity index is 1.86. The fraction of sp³-hybridized carbons (Fsp3) is 0.412. The first-order valence-corrected chi connectivity index (χ1v) is 6.89. The van der Waals surface area contributed by atoms with Gasteiger partial charge >= 0.3 is 0 Å². The number of benzene rings is 1. The lowest BCUT2D eigenvalue weighted by Crippen LogP contribution is -2.01. The van der Waals surface area contributed by atoms with Crippen molar-refractivity contribution in [2.75, 3.05) is 0 Å². The van der Waals surface area contributed by atoms with Crippen LogP contribution in [-0.4, -0.2) is 11.6 Å². The lowest BCUT2D eigenvalue weighted by molar-refractivity contribution is -0.115. The van der Waals surface area contributed by atoms with E-state index in [2.05, 4.69) is 0 Å². The molecule has 100 valence electrons. The molecule has 1 aliphatic carbocycles. The summed E-state index contributed by atoms with van der Waals surface area (Å²) < 4.78 is 0. The van der Waals surface area contributed by atoms with E-state index in [1.807, 2.05) is 38.1 Å². The first kappa shape index (κ1) is 13.7. The number of hydrogen-bond acceptors (Lipinski definition) is 2. The minimum atomic E-state index is 0.170. The third-order valence-electron chi connectivity index (χ3n) is 3.78. The third-order valence-corrected chi connectivity index (χ3v) is 3.78. The van der Waals surface area contributed by atoms with Gasteiger partial charge in [0, 0.05) is 18.4 Å². The second-order valence-electron chi connectivity index (χ2n) is 5.32. The first-order valence-electron chi connectivity index (χ1n) is 6.89. The maximum Gasteiger partial charge on any atom is 0.162 e. The molecular weight excluding hydrogens is 236 g/mol. The van der Waals surface area contributed by atoms with E-state index in [1.54, 1.807) is 0 Å². The number of aryl methyl sites for hydroxylation is 1. The van der Waals surface area contributed by atoms with Crippen molar-refractivity contribution in [3.8, 4) is 0 Å². The normalized spacial score (nSPS) is 15.2. The third kappa shape index (κ3) is 3.40. The van der Waals surface area contributed by atoms with Crippen molar-refractivity contribution in [2.24, 2.45) is 0 Å². The van der Waals surface area contributed by atoms with Crippen molar-refractivity contribution in [1.29, 1.82) is 0 Å². The van der Waals surface area contributed by atoms with Gasteiger partial charge in [0.2, 0.25) is 0 Å². The van der Waals surface area contributed by atoms with E-state index in [9.17, 15) is 9.59 Å². The Morgan fingerprint density at radius 2 is 1.79 bits per heavy atom. The van der Waals surface area contributed by atoms with Crippen LogP contribution in [0.4, 0.5) is 0 Å². The van der Waals surface area contributed by atoms with Crippen LogP contribution in [0.25, 0.3) is 0 Å². The quantitative estimate of drug-likeness (QED) is 0.745. The molecule has 2 nitrogen and oxygen atoms in total. The van der Waals surface area contributed by atoms with Gasteiger partial charge in [0.15, 0.2) is 11.6 Å². The van der Waals surface area contributed by atoms with Crippen LogP contribution in [0.15, 0.2) is 35.4 Å². The van der Waals surface area contributed by atoms with Crippen molar-refractivity contribution >= 4 is 11.6 Å². The molecule has 0 heterocycles. The number of allylic oxidation sites excluding steroid dienone is 2. The Bertz CT molecular complexity index is 521. The SMILES string of the molecule is CC1=C(CCCC(=O)c2ccc(C)cc2)C(=O)CC1. The van der Waals surface area contributed by atoms with Gasteiger partial charge in [-0.05, 0) is 38.7 Å². The highest BCUT2D eigenvalue weighted by atomic mass is 16.1. The zero-order valence-corrected chi connectivity index (χ0v) is 11.7. The lowest BCUT2D eigenvalue weighted by Gasteiger charge is -2.04. The molecule has 0 aromatic heterocycles. The summed E-state index contributed by atoms with van der Waals surface area (Å²) in [7, 11) is 0. The molecule has 1 aromatic rings. The highest BCUT2D eigenvalue weighted by Gasteiger charge is 2.19. The van der Waals surface area contributed by atoms with Gasteiger partial charge in [-0.25, -0.2) is 0 Å². The number of carbonyl (C=O) groups is 2.